The van der Waals surface area contributed by atoms with Gasteiger partial charge in [0.1, 0.15) is 0 Å². The van der Waals surface area contributed by atoms with Crippen LogP contribution in [0.15, 0.2) is 6.08 Å². The minimum Gasteiger partial charge on any atom is -0.461 e. The number of rotatable bonds is 2. The Hall–Kier alpha value is -1.16. The van der Waals surface area contributed by atoms with Gasteiger partial charge in [-0.05, 0) is 25.8 Å². The molecule has 1 aliphatic carbocycles. The third-order valence-electron chi connectivity index (χ3n) is 1.99. The second-order valence-corrected chi connectivity index (χ2v) is 4.07. The smallest absolute Gasteiger partial charge is 0.367 e. The van der Waals surface area contributed by atoms with Crippen LogP contribution < -0.4 is 0 Å². The number of hydrogen-bond acceptors (Lipinski definition) is 4. The van der Waals surface area contributed by atoms with Gasteiger partial charge in [0.05, 0.1) is 12.3 Å². The van der Waals surface area contributed by atoms with E-state index in [4.69, 9.17) is 4.74 Å². The van der Waals surface area contributed by atoms with Crippen LogP contribution in [0.1, 0.15) is 33.7 Å². The molecule has 1 aromatic heterocycles. The molecule has 0 N–H and O–H groups in total. The number of hydrogen-bond donors (Lipinski definition) is 0. The summed E-state index contributed by atoms with van der Waals surface area (Å²) in [4.78, 5) is 16.8. The number of carbonyl (C=O) groups excluding carboxylic acids is 1. The van der Waals surface area contributed by atoms with Crippen LogP contribution in [0, 0.1) is 0 Å². The first-order valence-corrected chi connectivity index (χ1v) is 5.46. The highest BCUT2D eigenvalue weighted by Gasteiger charge is 2.17. The predicted octanol–water partition coefficient (Wildman–Crippen LogP) is 2.28. The number of fused-ring (bicyclic) bond motifs is 1. The molecule has 4 heteroatoms. The summed E-state index contributed by atoms with van der Waals surface area (Å²) in [6.07, 6.45) is 6.08. The largest absolute Gasteiger partial charge is 0.461 e. The number of nitrogens with zero attached hydrogens (tertiary/aromatic N) is 1. The maximum Gasteiger partial charge on any atom is 0.367 e. The Labute approximate surface area is 86.4 Å². The van der Waals surface area contributed by atoms with Crippen molar-refractivity contribution in [2.75, 3.05) is 6.61 Å². The Morgan fingerprint density at radius 1 is 1.71 bits per heavy atom. The SMILES string of the molecule is CCOC(=O)c1nc2c(s1)CCC=C2. The lowest BCUT2D eigenvalue weighted by atomic mass is 10.1. The van der Waals surface area contributed by atoms with Crippen LogP contribution >= 0.6 is 11.3 Å². The fourth-order valence-corrected chi connectivity index (χ4v) is 2.32. The van der Waals surface area contributed by atoms with E-state index in [9.17, 15) is 4.79 Å². The van der Waals surface area contributed by atoms with Crippen molar-refractivity contribution in [1.82, 2.24) is 4.98 Å². The average molecular weight is 209 g/mol. The molecular formula is C10H11NO2S. The van der Waals surface area contributed by atoms with E-state index in [2.05, 4.69) is 11.1 Å². The first-order valence-electron chi connectivity index (χ1n) is 4.64. The summed E-state index contributed by atoms with van der Waals surface area (Å²) in [6.45, 7) is 2.20. The van der Waals surface area contributed by atoms with Gasteiger partial charge in [-0.2, -0.15) is 0 Å². The summed E-state index contributed by atoms with van der Waals surface area (Å²) in [5, 5.41) is 0.475. The molecule has 0 bridgehead atoms. The second-order valence-electron chi connectivity index (χ2n) is 2.99. The first-order chi connectivity index (χ1) is 6.81. The summed E-state index contributed by atoms with van der Waals surface area (Å²) < 4.78 is 4.89. The van der Waals surface area contributed by atoms with E-state index in [-0.39, 0.29) is 5.97 Å². The molecule has 1 aliphatic rings. The normalized spacial score (nSPS) is 13.8. The molecule has 3 nitrogen and oxygen atoms in total. The highest BCUT2D eigenvalue weighted by molar-refractivity contribution is 7.13. The van der Waals surface area contributed by atoms with E-state index in [0.717, 1.165) is 18.5 Å². The van der Waals surface area contributed by atoms with Gasteiger partial charge in [-0.25, -0.2) is 9.78 Å². The van der Waals surface area contributed by atoms with E-state index in [0.29, 0.717) is 11.6 Å². The molecule has 0 aliphatic heterocycles. The van der Waals surface area contributed by atoms with Crippen LogP contribution in [0.4, 0.5) is 0 Å². The van der Waals surface area contributed by atoms with Crippen LogP contribution in [0.3, 0.4) is 0 Å². The number of allylic oxidation sites excluding steroid dienone is 1. The molecule has 0 saturated heterocycles. The summed E-state index contributed by atoms with van der Waals surface area (Å²) >= 11 is 1.45. The summed E-state index contributed by atoms with van der Waals surface area (Å²) in [5.74, 6) is -0.305. The van der Waals surface area contributed by atoms with E-state index < -0.39 is 0 Å². The van der Waals surface area contributed by atoms with Gasteiger partial charge >= 0.3 is 5.97 Å². The van der Waals surface area contributed by atoms with Crippen molar-refractivity contribution in [3.05, 3.63) is 21.7 Å². The van der Waals surface area contributed by atoms with Crippen LogP contribution in [0.25, 0.3) is 6.08 Å². The van der Waals surface area contributed by atoms with Gasteiger partial charge < -0.3 is 4.74 Å². The molecule has 0 atom stereocenters. The Morgan fingerprint density at radius 3 is 3.29 bits per heavy atom. The zero-order chi connectivity index (χ0) is 9.97. The van der Waals surface area contributed by atoms with E-state index in [1.165, 1.54) is 16.2 Å². The van der Waals surface area contributed by atoms with Crippen molar-refractivity contribution in [2.45, 2.75) is 19.8 Å². The van der Waals surface area contributed by atoms with Gasteiger partial charge in [0, 0.05) is 4.88 Å². The van der Waals surface area contributed by atoms with Crippen molar-refractivity contribution in [2.24, 2.45) is 0 Å². The minimum atomic E-state index is -0.305. The quantitative estimate of drug-likeness (QED) is 0.701. The first kappa shape index (κ1) is 9.40. The third-order valence-corrected chi connectivity index (χ3v) is 3.10. The fourth-order valence-electron chi connectivity index (χ4n) is 1.36. The van der Waals surface area contributed by atoms with Gasteiger partial charge in [-0.1, -0.05) is 6.08 Å². The minimum absolute atomic E-state index is 0.305. The molecule has 1 heterocycles. The van der Waals surface area contributed by atoms with Crippen molar-refractivity contribution in [3.63, 3.8) is 0 Å². The number of ether oxygens (including phenoxy) is 1. The molecule has 0 radical (unpaired) electrons. The van der Waals surface area contributed by atoms with E-state index >= 15 is 0 Å². The molecule has 0 aromatic carbocycles. The summed E-state index contributed by atoms with van der Waals surface area (Å²) in [6, 6.07) is 0. The van der Waals surface area contributed by atoms with E-state index in [1.807, 2.05) is 6.08 Å². The molecule has 1 aromatic rings. The molecule has 74 valence electrons. The highest BCUT2D eigenvalue weighted by atomic mass is 32.1. The lowest BCUT2D eigenvalue weighted by Crippen LogP contribution is -2.03. The van der Waals surface area contributed by atoms with E-state index in [1.54, 1.807) is 6.92 Å². The van der Waals surface area contributed by atoms with Crippen LogP contribution in [-0.2, 0) is 11.2 Å². The van der Waals surface area contributed by atoms with Crippen LogP contribution in [0.2, 0.25) is 0 Å². The lowest BCUT2D eigenvalue weighted by Gasteiger charge is -1.99. The van der Waals surface area contributed by atoms with Gasteiger partial charge in [0.25, 0.3) is 0 Å². The van der Waals surface area contributed by atoms with Gasteiger partial charge in [-0.15, -0.1) is 11.3 Å². The van der Waals surface area contributed by atoms with Gasteiger partial charge in [0.15, 0.2) is 0 Å². The molecule has 0 spiro atoms. The zero-order valence-electron chi connectivity index (χ0n) is 7.95. The molecule has 14 heavy (non-hydrogen) atoms. The second kappa shape index (κ2) is 3.92. The lowest BCUT2D eigenvalue weighted by molar-refractivity contribution is 0.0526. The fraction of sp³-hybridized carbons (Fsp3) is 0.400. The Balaban J connectivity index is 2.24. The molecule has 0 amide bonds. The standard InChI is InChI=1S/C10H11NO2S/c1-2-13-10(12)9-11-7-5-3-4-6-8(7)14-9/h3,5H,2,4,6H2,1H3. The number of carbonyl (C=O) groups is 1. The summed E-state index contributed by atoms with van der Waals surface area (Å²) in [5.41, 5.74) is 0.935. The Morgan fingerprint density at radius 2 is 2.57 bits per heavy atom. The number of aryl methyl sites for hydroxylation is 1. The van der Waals surface area contributed by atoms with Crippen molar-refractivity contribution < 1.29 is 9.53 Å². The predicted molar refractivity (Wildman–Crippen MR) is 55.4 cm³/mol. The molecule has 0 fully saturated rings. The van der Waals surface area contributed by atoms with Crippen molar-refractivity contribution >= 4 is 23.4 Å². The average Bonchev–Trinajstić information content (AvgIpc) is 2.61. The molecule has 0 saturated carbocycles. The maximum absolute atomic E-state index is 11.4. The van der Waals surface area contributed by atoms with Crippen molar-refractivity contribution in [1.29, 1.82) is 0 Å². The number of esters is 1. The molecule has 2 rings (SSSR count). The summed E-state index contributed by atoms with van der Waals surface area (Å²) in [7, 11) is 0. The van der Waals surface area contributed by atoms with Gasteiger partial charge in [0.2, 0.25) is 5.01 Å². The van der Waals surface area contributed by atoms with Crippen LogP contribution in [0.5, 0.6) is 0 Å². The third kappa shape index (κ3) is 1.70. The monoisotopic (exact) mass is 209 g/mol. The zero-order valence-corrected chi connectivity index (χ0v) is 8.76. The maximum atomic E-state index is 11.4. The number of thiazole rings is 1. The Kier molecular flexibility index (Phi) is 2.63. The van der Waals surface area contributed by atoms with Gasteiger partial charge in [-0.3, -0.25) is 0 Å². The Bertz CT molecular complexity index is 381. The number of aromatic nitrogens is 1. The topological polar surface area (TPSA) is 39.2 Å². The molecule has 0 unspecified atom stereocenters. The molecular weight excluding hydrogens is 198 g/mol. The van der Waals surface area contributed by atoms with Crippen molar-refractivity contribution in [3.8, 4) is 0 Å². The highest BCUT2D eigenvalue weighted by Crippen LogP contribution is 2.25. The van der Waals surface area contributed by atoms with Crippen LogP contribution in [-0.4, -0.2) is 17.6 Å².